The largest absolute Gasteiger partial charge is 0.308 e. The Hall–Kier alpha value is -4.97. The molecule has 1 aliphatic rings. The van der Waals surface area contributed by atoms with Gasteiger partial charge in [-0.25, -0.2) is 4.98 Å². The predicted octanol–water partition coefficient (Wildman–Crippen LogP) is 11.0. The number of hydrogen-bond donors (Lipinski definition) is 0. The van der Waals surface area contributed by atoms with E-state index in [0.29, 0.717) is 0 Å². The van der Waals surface area contributed by atoms with E-state index in [1.54, 1.807) is 0 Å². The summed E-state index contributed by atoms with van der Waals surface area (Å²) in [5.41, 5.74) is 5.63. The molecule has 1 aromatic heterocycles. The van der Waals surface area contributed by atoms with Crippen LogP contribution in [0.4, 0.5) is 17.1 Å². The molecule has 0 saturated carbocycles. The average molecular weight is 590 g/mol. The molecule has 5 heteroatoms. The number of hydrogen-bond acceptors (Lipinski definition) is 4. The van der Waals surface area contributed by atoms with Gasteiger partial charge in [0.2, 0.25) is 0 Å². The summed E-state index contributed by atoms with van der Waals surface area (Å²) in [6.45, 7) is 0. The van der Waals surface area contributed by atoms with Gasteiger partial charge in [0.25, 0.3) is 0 Å². The Balaban J connectivity index is 1.29. The topological polar surface area (TPSA) is 29.0 Å². The Bertz CT molecular complexity index is 1930. The zero-order valence-corrected chi connectivity index (χ0v) is 24.9. The molecule has 2 heterocycles. The van der Waals surface area contributed by atoms with Crippen molar-refractivity contribution in [2.75, 3.05) is 4.90 Å². The Morgan fingerprint density at radius 2 is 0.953 bits per heavy atom. The number of para-hydroxylation sites is 2. The Kier molecular flexibility index (Phi) is 6.40. The van der Waals surface area contributed by atoms with Gasteiger partial charge in [-0.2, -0.15) is 4.37 Å². The number of rotatable bonds is 5. The highest BCUT2D eigenvalue weighted by Crippen LogP contribution is 2.79. The van der Waals surface area contributed by atoms with Gasteiger partial charge in [-0.05, 0) is 84.3 Å². The average Bonchev–Trinajstić information content (AvgIpc) is 3.59. The molecule has 206 valence electrons. The Morgan fingerprint density at radius 3 is 1.51 bits per heavy atom. The van der Waals surface area contributed by atoms with E-state index >= 15 is 0 Å². The van der Waals surface area contributed by atoms with Gasteiger partial charge < -0.3 is 4.90 Å². The predicted molar refractivity (Wildman–Crippen MR) is 179 cm³/mol. The van der Waals surface area contributed by atoms with Crippen LogP contribution in [-0.4, -0.2) is 9.36 Å². The van der Waals surface area contributed by atoms with Crippen LogP contribution in [0.2, 0.25) is 0 Å². The molecule has 0 bridgehead atoms. The van der Waals surface area contributed by atoms with Crippen LogP contribution in [0.15, 0.2) is 183 Å². The standard InChI is InChI=1S/C38H27N3S2/c1-4-14-28(15-5-1)37-39-38(42-40-37)29-24-26-30(27-25-29)41-33-20-10-12-22-35(33)43(31-16-6-2-7-17-31,32-18-8-3-9-19-32)36-23-13-11-21-34(36)41/h1-27H. The summed E-state index contributed by atoms with van der Waals surface area (Å²) in [5, 5.41) is 0.918. The van der Waals surface area contributed by atoms with E-state index in [4.69, 9.17) is 4.98 Å². The smallest absolute Gasteiger partial charge is 0.173 e. The molecule has 0 saturated heterocycles. The minimum absolute atomic E-state index is 0.768. The van der Waals surface area contributed by atoms with E-state index in [9.17, 15) is 0 Å². The van der Waals surface area contributed by atoms with Gasteiger partial charge in [0.15, 0.2) is 5.82 Å². The molecule has 3 nitrogen and oxygen atoms in total. The van der Waals surface area contributed by atoms with Crippen LogP contribution >= 0.6 is 21.6 Å². The summed E-state index contributed by atoms with van der Waals surface area (Å²) in [5.74, 6) is 0.768. The molecule has 0 aliphatic carbocycles. The maximum absolute atomic E-state index is 4.85. The van der Waals surface area contributed by atoms with Crippen molar-refractivity contribution >= 4 is 38.6 Å². The van der Waals surface area contributed by atoms with Crippen molar-refractivity contribution < 1.29 is 0 Å². The van der Waals surface area contributed by atoms with Crippen molar-refractivity contribution in [2.24, 2.45) is 0 Å². The molecule has 43 heavy (non-hydrogen) atoms. The number of aromatic nitrogens is 2. The van der Waals surface area contributed by atoms with Gasteiger partial charge in [0.1, 0.15) is 5.01 Å². The van der Waals surface area contributed by atoms with Crippen LogP contribution in [0.3, 0.4) is 0 Å². The molecule has 0 spiro atoms. The minimum atomic E-state index is -1.75. The first-order valence-electron chi connectivity index (χ1n) is 14.3. The van der Waals surface area contributed by atoms with Gasteiger partial charge in [-0.1, -0.05) is 91.0 Å². The second-order valence-electron chi connectivity index (χ2n) is 10.3. The van der Waals surface area contributed by atoms with Gasteiger partial charge in [0.05, 0.1) is 11.4 Å². The summed E-state index contributed by atoms with van der Waals surface area (Å²) < 4.78 is 4.63. The third-order valence-electron chi connectivity index (χ3n) is 7.90. The molecule has 0 fully saturated rings. The van der Waals surface area contributed by atoms with E-state index in [2.05, 4.69) is 143 Å². The van der Waals surface area contributed by atoms with Crippen molar-refractivity contribution in [3.05, 3.63) is 164 Å². The number of fused-ring (bicyclic) bond motifs is 2. The highest BCUT2D eigenvalue weighted by atomic mass is 32.3. The molecule has 7 aromatic rings. The van der Waals surface area contributed by atoms with Crippen LogP contribution < -0.4 is 4.90 Å². The number of benzene rings is 6. The fourth-order valence-corrected chi connectivity index (χ4v) is 10.9. The lowest BCUT2D eigenvalue weighted by molar-refractivity contribution is 1.12. The van der Waals surface area contributed by atoms with Crippen LogP contribution in [0, 0.1) is 0 Å². The normalized spacial score (nSPS) is 14.0. The van der Waals surface area contributed by atoms with Gasteiger partial charge >= 0.3 is 0 Å². The van der Waals surface area contributed by atoms with Crippen molar-refractivity contribution in [3.63, 3.8) is 0 Å². The molecular formula is C38H27N3S2. The summed E-state index contributed by atoms with van der Waals surface area (Å²) in [6.07, 6.45) is 0. The highest BCUT2D eigenvalue weighted by Gasteiger charge is 2.42. The fraction of sp³-hybridized carbons (Fsp3) is 0. The lowest BCUT2D eigenvalue weighted by Crippen LogP contribution is -2.21. The summed E-state index contributed by atoms with van der Waals surface area (Å²) in [6, 6.07) is 58.8. The third-order valence-corrected chi connectivity index (χ3v) is 12.6. The van der Waals surface area contributed by atoms with E-state index in [0.717, 1.165) is 27.6 Å². The van der Waals surface area contributed by atoms with Crippen molar-refractivity contribution in [2.45, 2.75) is 19.6 Å². The molecule has 0 amide bonds. The third kappa shape index (κ3) is 4.20. The maximum Gasteiger partial charge on any atom is 0.173 e. The number of anilines is 3. The summed E-state index contributed by atoms with van der Waals surface area (Å²) in [7, 11) is -1.75. The van der Waals surface area contributed by atoms with E-state index < -0.39 is 10.0 Å². The van der Waals surface area contributed by atoms with Gasteiger partial charge in [0, 0.05) is 36.4 Å². The summed E-state index contributed by atoms with van der Waals surface area (Å²) >= 11 is 1.44. The van der Waals surface area contributed by atoms with Gasteiger partial charge in [-0.3, -0.25) is 0 Å². The molecule has 1 aliphatic heterocycles. The Labute approximate surface area is 257 Å². The lowest BCUT2D eigenvalue weighted by atomic mass is 10.1. The first-order valence-corrected chi connectivity index (χ1v) is 16.7. The monoisotopic (exact) mass is 589 g/mol. The molecule has 0 N–H and O–H groups in total. The first-order chi connectivity index (χ1) is 21.3. The van der Waals surface area contributed by atoms with Crippen molar-refractivity contribution in [1.82, 2.24) is 9.36 Å². The highest BCUT2D eigenvalue weighted by molar-refractivity contribution is 8.34. The van der Waals surface area contributed by atoms with E-state index in [-0.39, 0.29) is 0 Å². The molecule has 0 radical (unpaired) electrons. The molecule has 6 aromatic carbocycles. The molecule has 0 atom stereocenters. The fourth-order valence-electron chi connectivity index (χ4n) is 6.02. The van der Waals surface area contributed by atoms with Crippen LogP contribution in [0.1, 0.15) is 0 Å². The SMILES string of the molecule is c1ccc(-c2nsc(-c3ccc(N4c5ccccc5S(c5ccccc5)(c5ccccc5)c5ccccc54)cc3)n2)cc1. The van der Waals surface area contributed by atoms with Gasteiger partial charge in [-0.15, -0.1) is 10.0 Å². The molecule has 0 unspecified atom stereocenters. The van der Waals surface area contributed by atoms with E-state index in [1.165, 1.54) is 42.5 Å². The lowest BCUT2D eigenvalue weighted by Gasteiger charge is -2.49. The molecular weight excluding hydrogens is 563 g/mol. The summed E-state index contributed by atoms with van der Waals surface area (Å²) in [4.78, 5) is 12.6. The van der Waals surface area contributed by atoms with Crippen LogP contribution in [-0.2, 0) is 0 Å². The van der Waals surface area contributed by atoms with Crippen LogP contribution in [0.25, 0.3) is 22.0 Å². The Morgan fingerprint density at radius 1 is 0.465 bits per heavy atom. The zero-order valence-electron chi connectivity index (χ0n) is 23.2. The zero-order chi connectivity index (χ0) is 28.6. The second kappa shape index (κ2) is 10.7. The van der Waals surface area contributed by atoms with Crippen LogP contribution in [0.5, 0.6) is 0 Å². The van der Waals surface area contributed by atoms with Crippen molar-refractivity contribution in [3.8, 4) is 22.0 Å². The number of nitrogens with zero attached hydrogens (tertiary/aromatic N) is 3. The molecule has 8 rings (SSSR count). The second-order valence-corrected chi connectivity index (χ2v) is 14.1. The quantitative estimate of drug-likeness (QED) is 0.200. The van der Waals surface area contributed by atoms with Crippen molar-refractivity contribution in [1.29, 1.82) is 0 Å². The first kappa shape index (κ1) is 25.7. The van der Waals surface area contributed by atoms with E-state index in [1.807, 2.05) is 30.3 Å². The maximum atomic E-state index is 4.85. The minimum Gasteiger partial charge on any atom is -0.308 e.